The minimum absolute atomic E-state index is 0.00540. The second-order valence-corrected chi connectivity index (χ2v) is 5.75. The molecule has 1 aromatic rings. The lowest BCUT2D eigenvalue weighted by molar-refractivity contribution is 0.589. The van der Waals surface area contributed by atoms with Crippen LogP contribution in [0.3, 0.4) is 0 Å². The molecule has 0 saturated carbocycles. The molecule has 16 heavy (non-hydrogen) atoms. The fourth-order valence-electron chi connectivity index (χ4n) is 1.35. The molecule has 0 bridgehead atoms. The molecule has 1 rings (SSSR count). The zero-order valence-corrected chi connectivity index (χ0v) is 11.1. The van der Waals surface area contributed by atoms with Gasteiger partial charge in [-0.25, -0.2) is 0 Å². The Labute approximate surface area is 103 Å². The fraction of sp³-hybridized carbons (Fsp3) is 0.538. The van der Waals surface area contributed by atoms with Crippen LogP contribution in [0.2, 0.25) is 0 Å². The summed E-state index contributed by atoms with van der Waals surface area (Å²) in [6.45, 7) is 6.40. The van der Waals surface area contributed by atoms with Gasteiger partial charge in [-0.05, 0) is 30.5 Å². The molecule has 0 spiro atoms. The first-order valence-electron chi connectivity index (χ1n) is 5.74. The van der Waals surface area contributed by atoms with E-state index in [1.54, 1.807) is 0 Å². The standard InChI is InChI=1S/C13H22N2S/c1-9(2)8-16-12-6-4-11(5-7-12)13(15)10(3)14/h4-7,9-10,13H,8,14-15H2,1-3H3. The maximum absolute atomic E-state index is 5.98. The van der Waals surface area contributed by atoms with Crippen molar-refractivity contribution in [3.63, 3.8) is 0 Å². The van der Waals surface area contributed by atoms with Gasteiger partial charge in [-0.3, -0.25) is 0 Å². The van der Waals surface area contributed by atoms with Gasteiger partial charge in [0.2, 0.25) is 0 Å². The minimum Gasteiger partial charge on any atom is -0.326 e. The second-order valence-electron chi connectivity index (χ2n) is 4.66. The van der Waals surface area contributed by atoms with Crippen LogP contribution in [0.15, 0.2) is 29.2 Å². The van der Waals surface area contributed by atoms with E-state index in [2.05, 4.69) is 38.1 Å². The number of hydrogen-bond donors (Lipinski definition) is 2. The summed E-state index contributed by atoms with van der Waals surface area (Å²) in [4.78, 5) is 1.30. The summed E-state index contributed by atoms with van der Waals surface area (Å²) in [5, 5.41) is 0. The van der Waals surface area contributed by atoms with E-state index in [4.69, 9.17) is 11.5 Å². The van der Waals surface area contributed by atoms with Crippen molar-refractivity contribution in [2.24, 2.45) is 17.4 Å². The summed E-state index contributed by atoms with van der Waals surface area (Å²) in [6, 6.07) is 8.35. The van der Waals surface area contributed by atoms with Crippen LogP contribution in [0, 0.1) is 5.92 Å². The molecule has 0 saturated heterocycles. The molecule has 2 atom stereocenters. The summed E-state index contributed by atoms with van der Waals surface area (Å²) in [5.41, 5.74) is 12.9. The summed E-state index contributed by atoms with van der Waals surface area (Å²) < 4.78 is 0. The Morgan fingerprint density at radius 3 is 2.06 bits per heavy atom. The van der Waals surface area contributed by atoms with Gasteiger partial charge in [0, 0.05) is 22.7 Å². The molecule has 2 nitrogen and oxygen atoms in total. The van der Waals surface area contributed by atoms with Gasteiger partial charge in [0.15, 0.2) is 0 Å². The average Bonchev–Trinajstić information content (AvgIpc) is 2.26. The van der Waals surface area contributed by atoms with E-state index in [0.717, 1.165) is 17.2 Å². The predicted octanol–water partition coefficient (Wildman–Crippen LogP) is 2.78. The van der Waals surface area contributed by atoms with Gasteiger partial charge in [0.25, 0.3) is 0 Å². The topological polar surface area (TPSA) is 52.0 Å². The molecule has 2 unspecified atom stereocenters. The first kappa shape index (κ1) is 13.6. The fourth-order valence-corrected chi connectivity index (χ4v) is 2.21. The van der Waals surface area contributed by atoms with Crippen molar-refractivity contribution >= 4 is 11.8 Å². The van der Waals surface area contributed by atoms with Crippen molar-refractivity contribution in [2.45, 2.75) is 37.8 Å². The minimum atomic E-state index is -0.0656. The van der Waals surface area contributed by atoms with Crippen LogP contribution in [-0.2, 0) is 0 Å². The van der Waals surface area contributed by atoms with Crippen molar-refractivity contribution in [1.82, 2.24) is 0 Å². The molecule has 0 radical (unpaired) electrons. The first-order chi connectivity index (χ1) is 7.50. The van der Waals surface area contributed by atoms with Crippen LogP contribution >= 0.6 is 11.8 Å². The third-order valence-corrected chi connectivity index (χ3v) is 3.85. The summed E-state index contributed by atoms with van der Waals surface area (Å²) >= 11 is 1.89. The Hall–Kier alpha value is -0.510. The number of benzene rings is 1. The van der Waals surface area contributed by atoms with Crippen LogP contribution in [-0.4, -0.2) is 11.8 Å². The highest BCUT2D eigenvalue weighted by Gasteiger charge is 2.10. The van der Waals surface area contributed by atoms with Gasteiger partial charge < -0.3 is 11.5 Å². The number of rotatable bonds is 5. The van der Waals surface area contributed by atoms with Crippen LogP contribution in [0.4, 0.5) is 0 Å². The van der Waals surface area contributed by atoms with Gasteiger partial charge in [-0.2, -0.15) is 0 Å². The molecular weight excluding hydrogens is 216 g/mol. The largest absolute Gasteiger partial charge is 0.326 e. The van der Waals surface area contributed by atoms with Gasteiger partial charge in [0.1, 0.15) is 0 Å². The molecule has 3 heteroatoms. The van der Waals surface area contributed by atoms with E-state index >= 15 is 0 Å². The Bertz CT molecular complexity index is 306. The molecule has 0 amide bonds. The maximum Gasteiger partial charge on any atom is 0.0445 e. The molecule has 0 aliphatic carbocycles. The maximum atomic E-state index is 5.98. The quantitative estimate of drug-likeness (QED) is 0.776. The van der Waals surface area contributed by atoms with Crippen molar-refractivity contribution in [1.29, 1.82) is 0 Å². The molecule has 90 valence electrons. The van der Waals surface area contributed by atoms with Gasteiger partial charge >= 0.3 is 0 Å². The Kier molecular flexibility index (Phi) is 5.32. The van der Waals surface area contributed by atoms with Gasteiger partial charge in [-0.1, -0.05) is 26.0 Å². The average molecular weight is 238 g/mol. The van der Waals surface area contributed by atoms with E-state index in [0.29, 0.717) is 0 Å². The van der Waals surface area contributed by atoms with Crippen molar-refractivity contribution < 1.29 is 0 Å². The van der Waals surface area contributed by atoms with Crippen LogP contribution in [0.5, 0.6) is 0 Å². The Morgan fingerprint density at radius 1 is 1.06 bits per heavy atom. The smallest absolute Gasteiger partial charge is 0.0445 e. The van der Waals surface area contributed by atoms with Crippen molar-refractivity contribution in [2.75, 3.05) is 5.75 Å². The lowest BCUT2D eigenvalue weighted by Gasteiger charge is -2.16. The molecule has 0 heterocycles. The molecule has 0 aliphatic heterocycles. The van der Waals surface area contributed by atoms with E-state index in [-0.39, 0.29) is 12.1 Å². The molecule has 4 N–H and O–H groups in total. The summed E-state index contributed by atoms with van der Waals surface area (Å²) in [5.74, 6) is 1.87. The van der Waals surface area contributed by atoms with Crippen LogP contribution in [0.25, 0.3) is 0 Å². The van der Waals surface area contributed by atoms with Crippen molar-refractivity contribution in [3.05, 3.63) is 29.8 Å². The monoisotopic (exact) mass is 238 g/mol. The highest BCUT2D eigenvalue weighted by atomic mass is 32.2. The van der Waals surface area contributed by atoms with E-state index in [9.17, 15) is 0 Å². The van der Waals surface area contributed by atoms with E-state index < -0.39 is 0 Å². The third-order valence-electron chi connectivity index (χ3n) is 2.41. The van der Waals surface area contributed by atoms with Crippen LogP contribution < -0.4 is 11.5 Å². The Morgan fingerprint density at radius 2 is 1.62 bits per heavy atom. The lowest BCUT2D eigenvalue weighted by Crippen LogP contribution is -2.30. The van der Waals surface area contributed by atoms with Gasteiger partial charge in [0.05, 0.1) is 0 Å². The highest BCUT2D eigenvalue weighted by molar-refractivity contribution is 7.99. The molecular formula is C13H22N2S. The predicted molar refractivity (Wildman–Crippen MR) is 72.6 cm³/mol. The molecule has 0 aromatic heterocycles. The number of hydrogen-bond acceptors (Lipinski definition) is 3. The Balaban J connectivity index is 2.61. The zero-order chi connectivity index (χ0) is 12.1. The SMILES string of the molecule is CC(C)CSc1ccc(C(N)C(C)N)cc1. The third kappa shape index (κ3) is 4.16. The second kappa shape index (κ2) is 6.28. The summed E-state index contributed by atoms with van der Waals surface area (Å²) in [7, 11) is 0. The normalized spacial score (nSPS) is 15.1. The van der Waals surface area contributed by atoms with E-state index in [1.807, 2.05) is 18.7 Å². The van der Waals surface area contributed by atoms with Gasteiger partial charge in [-0.15, -0.1) is 11.8 Å². The van der Waals surface area contributed by atoms with E-state index in [1.165, 1.54) is 4.90 Å². The molecule has 0 fully saturated rings. The molecule has 0 aliphatic rings. The molecule has 1 aromatic carbocycles. The summed E-state index contributed by atoms with van der Waals surface area (Å²) in [6.07, 6.45) is 0. The lowest BCUT2D eigenvalue weighted by atomic mass is 10.0. The number of thioether (sulfide) groups is 1. The van der Waals surface area contributed by atoms with Crippen LogP contribution in [0.1, 0.15) is 32.4 Å². The highest BCUT2D eigenvalue weighted by Crippen LogP contribution is 2.22. The number of nitrogens with two attached hydrogens (primary N) is 2. The van der Waals surface area contributed by atoms with Crippen molar-refractivity contribution in [3.8, 4) is 0 Å². The zero-order valence-electron chi connectivity index (χ0n) is 10.3. The first-order valence-corrected chi connectivity index (χ1v) is 6.73.